The molecule has 0 atom stereocenters. The van der Waals surface area contributed by atoms with Crippen molar-refractivity contribution in [2.45, 2.75) is 47.1 Å². The first-order chi connectivity index (χ1) is 15.9. The molecular formula is C24H26N2O8. The minimum Gasteiger partial charge on any atom is -0.462 e. The Bertz CT molecular complexity index is 1200. The number of fused-ring (bicyclic) bond motifs is 1. The third-order valence-corrected chi connectivity index (χ3v) is 5.09. The minimum atomic E-state index is -0.867. The molecule has 34 heavy (non-hydrogen) atoms. The van der Waals surface area contributed by atoms with E-state index in [0.717, 1.165) is 4.90 Å². The number of carbonyl (C=O) groups excluding carboxylic acids is 5. The number of anilines is 1. The molecule has 0 aliphatic carbocycles. The molecule has 2 heterocycles. The van der Waals surface area contributed by atoms with Gasteiger partial charge in [0.25, 0.3) is 17.7 Å². The first-order valence-corrected chi connectivity index (χ1v) is 10.7. The minimum absolute atomic E-state index is 0.0317. The number of carbonyl (C=O) groups is 5. The van der Waals surface area contributed by atoms with Gasteiger partial charge in [-0.25, -0.2) is 9.59 Å². The summed E-state index contributed by atoms with van der Waals surface area (Å²) in [4.78, 5) is 64.6. The molecule has 0 saturated heterocycles. The quantitative estimate of drug-likeness (QED) is 0.500. The number of benzene rings is 1. The molecule has 10 heteroatoms. The van der Waals surface area contributed by atoms with E-state index in [9.17, 15) is 24.0 Å². The fraction of sp³-hybridized carbons (Fsp3) is 0.375. The molecule has 0 spiro atoms. The van der Waals surface area contributed by atoms with Crippen molar-refractivity contribution in [2.24, 2.45) is 0 Å². The number of hydrogen-bond acceptors (Lipinski definition) is 8. The highest BCUT2D eigenvalue weighted by molar-refractivity contribution is 6.23. The second-order valence-corrected chi connectivity index (χ2v) is 8.51. The number of amides is 3. The average Bonchev–Trinajstić information content (AvgIpc) is 3.21. The Hall–Kier alpha value is -3.95. The van der Waals surface area contributed by atoms with Crippen LogP contribution >= 0.6 is 0 Å². The molecule has 0 bridgehead atoms. The standard InChI is InChI=1S/C24H26N2O8/c1-7-32-22(30)16-12(3)34-19(17(16)23(31)33-8-2)25-18(27)13-9-10-14-15(11-13)21(29)26(20(14)28)24(4,5)6/h9-11H,7-8H2,1-6H3,(H,25,27). The van der Waals surface area contributed by atoms with Gasteiger partial charge in [-0.3, -0.25) is 24.6 Å². The van der Waals surface area contributed by atoms with E-state index in [1.807, 2.05) is 0 Å². The predicted octanol–water partition coefficient (Wildman–Crippen LogP) is 3.59. The highest BCUT2D eigenvalue weighted by Gasteiger charge is 2.42. The summed E-state index contributed by atoms with van der Waals surface area (Å²) < 4.78 is 15.5. The van der Waals surface area contributed by atoms with Crippen molar-refractivity contribution >= 4 is 35.5 Å². The highest BCUT2D eigenvalue weighted by atomic mass is 16.5. The molecule has 0 unspecified atom stereocenters. The summed E-state index contributed by atoms with van der Waals surface area (Å²) >= 11 is 0. The van der Waals surface area contributed by atoms with Gasteiger partial charge >= 0.3 is 11.9 Å². The number of ether oxygens (including phenoxy) is 2. The Balaban J connectivity index is 1.97. The first-order valence-electron chi connectivity index (χ1n) is 10.7. The summed E-state index contributed by atoms with van der Waals surface area (Å²) in [6, 6.07) is 4.10. The van der Waals surface area contributed by atoms with E-state index in [2.05, 4.69) is 5.32 Å². The number of nitrogens with one attached hydrogen (secondary N) is 1. The fourth-order valence-corrected chi connectivity index (χ4v) is 3.65. The molecule has 1 N–H and O–H groups in total. The van der Waals surface area contributed by atoms with Crippen LogP contribution in [0, 0.1) is 6.92 Å². The van der Waals surface area contributed by atoms with Gasteiger partial charge in [-0.05, 0) is 59.7 Å². The third kappa shape index (κ3) is 4.30. The highest BCUT2D eigenvalue weighted by Crippen LogP contribution is 2.32. The molecule has 2 aromatic rings. The second-order valence-electron chi connectivity index (χ2n) is 8.51. The molecule has 1 aliphatic heterocycles. The van der Waals surface area contributed by atoms with Gasteiger partial charge in [0, 0.05) is 11.1 Å². The van der Waals surface area contributed by atoms with Crippen LogP contribution in [0.5, 0.6) is 0 Å². The van der Waals surface area contributed by atoms with E-state index in [1.54, 1.807) is 34.6 Å². The molecule has 1 aromatic carbocycles. The summed E-state index contributed by atoms with van der Waals surface area (Å²) in [5.74, 6) is -3.55. The molecule has 1 aromatic heterocycles. The van der Waals surface area contributed by atoms with E-state index in [1.165, 1.54) is 25.1 Å². The van der Waals surface area contributed by atoms with Crippen molar-refractivity contribution in [2.75, 3.05) is 18.5 Å². The zero-order chi connectivity index (χ0) is 25.4. The summed E-state index contributed by atoms with van der Waals surface area (Å²) in [7, 11) is 0. The number of furan rings is 1. The summed E-state index contributed by atoms with van der Waals surface area (Å²) in [6.07, 6.45) is 0. The van der Waals surface area contributed by atoms with Gasteiger partial charge in [-0.15, -0.1) is 0 Å². The van der Waals surface area contributed by atoms with Crippen LogP contribution in [-0.4, -0.2) is 53.3 Å². The number of aryl methyl sites for hydroxylation is 1. The van der Waals surface area contributed by atoms with Crippen LogP contribution in [0.15, 0.2) is 22.6 Å². The average molecular weight is 470 g/mol. The normalized spacial score (nSPS) is 13.1. The molecule has 180 valence electrons. The SMILES string of the molecule is CCOC(=O)c1c(C)oc(NC(=O)c2ccc3c(c2)C(=O)N(C(C)(C)C)C3=O)c1C(=O)OCC. The van der Waals surface area contributed by atoms with Gasteiger partial charge in [-0.1, -0.05) is 0 Å². The maximum Gasteiger partial charge on any atom is 0.344 e. The molecule has 3 rings (SSSR count). The number of hydrogen-bond donors (Lipinski definition) is 1. The Labute approximate surface area is 196 Å². The van der Waals surface area contributed by atoms with Gasteiger partial charge in [0.15, 0.2) is 0 Å². The van der Waals surface area contributed by atoms with Gasteiger partial charge in [-0.2, -0.15) is 0 Å². The predicted molar refractivity (Wildman–Crippen MR) is 120 cm³/mol. The van der Waals surface area contributed by atoms with Crippen LogP contribution in [-0.2, 0) is 9.47 Å². The zero-order valence-corrected chi connectivity index (χ0v) is 19.9. The molecular weight excluding hydrogens is 444 g/mol. The largest absolute Gasteiger partial charge is 0.462 e. The van der Waals surface area contributed by atoms with Gasteiger partial charge in [0.05, 0.1) is 24.3 Å². The van der Waals surface area contributed by atoms with Crippen molar-refractivity contribution in [3.63, 3.8) is 0 Å². The van der Waals surface area contributed by atoms with E-state index >= 15 is 0 Å². The molecule has 3 amide bonds. The lowest BCUT2D eigenvalue weighted by Gasteiger charge is -2.29. The Morgan fingerprint density at radius 1 is 0.941 bits per heavy atom. The molecule has 1 aliphatic rings. The van der Waals surface area contributed by atoms with Crippen LogP contribution in [0.3, 0.4) is 0 Å². The van der Waals surface area contributed by atoms with Crippen LogP contribution in [0.1, 0.15) is 92.2 Å². The van der Waals surface area contributed by atoms with Crippen molar-refractivity contribution in [1.29, 1.82) is 0 Å². The molecule has 0 saturated carbocycles. The lowest BCUT2D eigenvalue weighted by molar-refractivity contribution is 0.0480. The molecule has 10 nitrogen and oxygen atoms in total. The maximum absolute atomic E-state index is 13.0. The van der Waals surface area contributed by atoms with E-state index in [-0.39, 0.29) is 52.7 Å². The van der Waals surface area contributed by atoms with Crippen LogP contribution in [0.25, 0.3) is 0 Å². The van der Waals surface area contributed by atoms with Crippen LogP contribution < -0.4 is 5.32 Å². The van der Waals surface area contributed by atoms with E-state index in [4.69, 9.17) is 13.9 Å². The van der Waals surface area contributed by atoms with Gasteiger partial charge in [0.2, 0.25) is 5.88 Å². The lowest BCUT2D eigenvalue weighted by Crippen LogP contribution is -2.45. The zero-order valence-electron chi connectivity index (χ0n) is 19.9. The van der Waals surface area contributed by atoms with Crippen molar-refractivity contribution in [3.8, 4) is 0 Å². The third-order valence-electron chi connectivity index (χ3n) is 5.09. The number of nitrogens with zero attached hydrogens (tertiary/aromatic N) is 1. The monoisotopic (exact) mass is 470 g/mol. The maximum atomic E-state index is 13.0. The summed E-state index contributed by atoms with van der Waals surface area (Å²) in [5, 5.41) is 2.46. The number of esters is 2. The number of imide groups is 1. The van der Waals surface area contributed by atoms with E-state index in [0.29, 0.717) is 0 Å². The molecule has 0 fully saturated rings. The smallest absolute Gasteiger partial charge is 0.344 e. The van der Waals surface area contributed by atoms with Crippen molar-refractivity contribution in [3.05, 3.63) is 51.8 Å². The Morgan fingerprint density at radius 3 is 2.06 bits per heavy atom. The lowest BCUT2D eigenvalue weighted by atomic mass is 10.1. The summed E-state index contributed by atoms with van der Waals surface area (Å²) in [5.41, 5.74) is -0.803. The Kier molecular flexibility index (Phi) is 6.63. The first kappa shape index (κ1) is 24.7. The molecule has 0 radical (unpaired) electrons. The topological polar surface area (TPSA) is 132 Å². The van der Waals surface area contributed by atoms with E-state index < -0.39 is 35.2 Å². The van der Waals surface area contributed by atoms with Gasteiger partial charge < -0.3 is 13.9 Å². The second kappa shape index (κ2) is 9.12. The van der Waals surface area contributed by atoms with Crippen LogP contribution in [0.2, 0.25) is 0 Å². The van der Waals surface area contributed by atoms with Crippen molar-refractivity contribution in [1.82, 2.24) is 4.90 Å². The van der Waals surface area contributed by atoms with Gasteiger partial charge in [0.1, 0.15) is 16.9 Å². The van der Waals surface area contributed by atoms with Crippen LogP contribution in [0.4, 0.5) is 5.88 Å². The fourth-order valence-electron chi connectivity index (χ4n) is 3.65. The Morgan fingerprint density at radius 2 is 1.50 bits per heavy atom. The summed E-state index contributed by atoms with van der Waals surface area (Å²) in [6.45, 7) is 9.96. The van der Waals surface area contributed by atoms with Crippen molar-refractivity contribution < 1.29 is 37.9 Å². The number of rotatable bonds is 6.